The van der Waals surface area contributed by atoms with Crippen LogP contribution in [0.1, 0.15) is 12.8 Å². The minimum atomic E-state index is -3.63. The van der Waals surface area contributed by atoms with Crippen molar-refractivity contribution in [2.45, 2.75) is 24.9 Å². The number of urea groups is 1. The summed E-state index contributed by atoms with van der Waals surface area (Å²) in [6, 6.07) is 2.30. The number of nitrogens with zero attached hydrogens (tertiary/aromatic N) is 2. The summed E-state index contributed by atoms with van der Waals surface area (Å²) in [5, 5.41) is 6.10. The number of benzene rings is 1. The smallest absolute Gasteiger partial charge is 0.335 e. The van der Waals surface area contributed by atoms with Crippen molar-refractivity contribution >= 4 is 45.2 Å². The standard InChI is InChI=1S/C17H20F3IN4O/c1-24-7-5-11(6-8-24)22-16(26)23-13-3-2-4-14-12(13)9-15(21)25(14)17(19,20)10-18/h2-4,9,11H,5-8,10H2,1H3,(H2,22,23,26). The van der Waals surface area contributed by atoms with Gasteiger partial charge in [-0.1, -0.05) is 6.07 Å². The van der Waals surface area contributed by atoms with Crippen molar-refractivity contribution in [2.24, 2.45) is 0 Å². The number of amides is 2. The molecule has 0 bridgehead atoms. The van der Waals surface area contributed by atoms with Gasteiger partial charge in [0.2, 0.25) is 0 Å². The molecule has 0 radical (unpaired) electrons. The van der Waals surface area contributed by atoms with E-state index in [4.69, 9.17) is 0 Å². The van der Waals surface area contributed by atoms with E-state index in [9.17, 15) is 18.0 Å². The molecular weight excluding hydrogens is 460 g/mol. The Balaban J connectivity index is 1.80. The van der Waals surface area contributed by atoms with Gasteiger partial charge in [-0.15, -0.1) is 0 Å². The van der Waals surface area contributed by atoms with E-state index >= 15 is 0 Å². The van der Waals surface area contributed by atoms with Gasteiger partial charge in [-0.3, -0.25) is 4.57 Å². The van der Waals surface area contributed by atoms with Crippen LogP contribution >= 0.6 is 22.6 Å². The fourth-order valence-corrected chi connectivity index (χ4v) is 4.12. The Morgan fingerprint density at radius 3 is 2.69 bits per heavy atom. The molecule has 1 fully saturated rings. The van der Waals surface area contributed by atoms with Crippen molar-refractivity contribution in [3.8, 4) is 0 Å². The van der Waals surface area contributed by atoms with E-state index in [0.29, 0.717) is 15.6 Å². The van der Waals surface area contributed by atoms with Gasteiger partial charge in [0.1, 0.15) is 0 Å². The van der Waals surface area contributed by atoms with Crippen LogP contribution in [0.4, 0.5) is 23.7 Å². The van der Waals surface area contributed by atoms with Crippen LogP contribution in [0, 0.1) is 3.70 Å². The third-order valence-electron chi connectivity index (χ3n) is 4.59. The maximum absolute atomic E-state index is 13.9. The highest BCUT2D eigenvalue weighted by atomic mass is 127. The topological polar surface area (TPSA) is 49.3 Å². The molecule has 1 aliphatic heterocycles. The van der Waals surface area contributed by atoms with Crippen molar-refractivity contribution in [1.82, 2.24) is 14.8 Å². The van der Waals surface area contributed by atoms with Crippen LogP contribution < -0.4 is 10.6 Å². The molecule has 1 saturated heterocycles. The van der Waals surface area contributed by atoms with Gasteiger partial charge in [0, 0.05) is 11.4 Å². The molecular formula is C17H20F3IN4O. The first-order valence-electron chi connectivity index (χ1n) is 8.32. The molecule has 5 nitrogen and oxygen atoms in total. The largest absolute Gasteiger partial charge is 0.358 e. The van der Waals surface area contributed by atoms with Gasteiger partial charge >= 0.3 is 12.1 Å². The second-order valence-electron chi connectivity index (χ2n) is 6.52. The summed E-state index contributed by atoms with van der Waals surface area (Å²) in [4.78, 5) is 14.5. The Morgan fingerprint density at radius 1 is 1.35 bits per heavy atom. The van der Waals surface area contributed by atoms with E-state index in [-0.39, 0.29) is 21.3 Å². The summed E-state index contributed by atoms with van der Waals surface area (Å²) in [7, 11) is 2.04. The Bertz CT molecular complexity index is 803. The van der Waals surface area contributed by atoms with E-state index in [0.717, 1.165) is 25.9 Å². The number of rotatable bonds is 4. The van der Waals surface area contributed by atoms with E-state index < -0.39 is 12.7 Å². The molecule has 0 atom stereocenters. The molecule has 2 heterocycles. The summed E-state index contributed by atoms with van der Waals surface area (Å²) < 4.78 is 41.5. The molecule has 1 aliphatic rings. The highest BCUT2D eigenvalue weighted by Gasteiger charge is 2.34. The molecule has 3 rings (SSSR count). The van der Waals surface area contributed by atoms with Crippen molar-refractivity contribution in [1.29, 1.82) is 0 Å². The van der Waals surface area contributed by atoms with Gasteiger partial charge in [-0.2, -0.15) is 8.78 Å². The summed E-state index contributed by atoms with van der Waals surface area (Å²) in [5.74, 6) is 0. The maximum Gasteiger partial charge on any atom is 0.358 e. The average molecular weight is 480 g/mol. The first kappa shape index (κ1) is 19.3. The van der Waals surface area contributed by atoms with E-state index in [2.05, 4.69) is 15.5 Å². The van der Waals surface area contributed by atoms with Crippen molar-refractivity contribution in [3.05, 3.63) is 28.0 Å². The highest BCUT2D eigenvalue weighted by molar-refractivity contribution is 14.1. The number of piperidine rings is 1. The molecule has 0 aliphatic carbocycles. The summed E-state index contributed by atoms with van der Waals surface area (Å²) in [6.07, 6.45) is 1.73. The van der Waals surface area contributed by atoms with Crippen molar-refractivity contribution in [3.63, 3.8) is 0 Å². The SMILES string of the molecule is CN1CCC(NC(=O)Nc2cccc3c2cc(I)n3C(F)(F)CF)CC1. The van der Waals surface area contributed by atoms with Crippen LogP contribution in [-0.2, 0) is 6.05 Å². The van der Waals surface area contributed by atoms with Crippen molar-refractivity contribution < 1.29 is 18.0 Å². The van der Waals surface area contributed by atoms with Gasteiger partial charge in [-0.05, 0) is 73.8 Å². The number of hydrogen-bond acceptors (Lipinski definition) is 2. The van der Waals surface area contributed by atoms with Crippen LogP contribution in [0.15, 0.2) is 24.3 Å². The fraction of sp³-hybridized carbons (Fsp3) is 0.471. The van der Waals surface area contributed by atoms with E-state index in [1.165, 1.54) is 12.1 Å². The Labute approximate surface area is 163 Å². The lowest BCUT2D eigenvalue weighted by atomic mass is 10.1. The van der Waals surface area contributed by atoms with Crippen LogP contribution in [-0.4, -0.2) is 48.4 Å². The summed E-state index contributed by atoms with van der Waals surface area (Å²) in [5.41, 5.74) is 0.591. The molecule has 2 amide bonds. The van der Waals surface area contributed by atoms with Gasteiger partial charge < -0.3 is 15.5 Å². The molecule has 0 saturated carbocycles. The number of hydrogen-bond donors (Lipinski definition) is 2. The van der Waals surface area contributed by atoms with Gasteiger partial charge in [0.25, 0.3) is 0 Å². The lowest BCUT2D eigenvalue weighted by Gasteiger charge is -2.29. The number of nitrogens with one attached hydrogen (secondary N) is 2. The van der Waals surface area contributed by atoms with Crippen molar-refractivity contribution in [2.75, 3.05) is 32.1 Å². The zero-order chi connectivity index (χ0) is 18.9. The summed E-state index contributed by atoms with van der Waals surface area (Å²) in [6.45, 7) is 0.0425. The van der Waals surface area contributed by atoms with Crippen LogP contribution in [0.3, 0.4) is 0 Å². The first-order chi connectivity index (χ1) is 12.3. The average Bonchev–Trinajstić information content (AvgIpc) is 2.95. The predicted molar refractivity (Wildman–Crippen MR) is 103 cm³/mol. The van der Waals surface area contributed by atoms with Gasteiger partial charge in [-0.25, -0.2) is 9.18 Å². The molecule has 9 heteroatoms. The second-order valence-corrected chi connectivity index (χ2v) is 7.62. The van der Waals surface area contributed by atoms with E-state index in [1.807, 2.05) is 7.05 Å². The Morgan fingerprint density at radius 2 is 2.04 bits per heavy atom. The number of carbonyl (C=O) groups excluding carboxylic acids is 1. The van der Waals surface area contributed by atoms with Crippen LogP contribution in [0.25, 0.3) is 10.9 Å². The lowest BCUT2D eigenvalue weighted by Crippen LogP contribution is -2.44. The molecule has 0 unspecified atom stereocenters. The molecule has 0 spiro atoms. The number of anilines is 1. The zero-order valence-corrected chi connectivity index (χ0v) is 16.4. The number of alkyl halides is 3. The first-order valence-corrected chi connectivity index (χ1v) is 9.40. The fourth-order valence-electron chi connectivity index (χ4n) is 3.20. The van der Waals surface area contributed by atoms with Gasteiger partial charge in [0.15, 0.2) is 6.67 Å². The van der Waals surface area contributed by atoms with Crippen LogP contribution in [0.2, 0.25) is 0 Å². The number of carbonyl (C=O) groups is 1. The summed E-state index contributed by atoms with van der Waals surface area (Å²) >= 11 is 1.74. The molecule has 26 heavy (non-hydrogen) atoms. The molecule has 2 N–H and O–H groups in total. The number of halogens is 4. The highest BCUT2D eigenvalue weighted by Crippen LogP contribution is 2.34. The Hall–Kier alpha value is -1.49. The number of likely N-dealkylation sites (tertiary alicyclic amines) is 1. The molecule has 2 aromatic rings. The third-order valence-corrected chi connectivity index (χ3v) is 5.38. The predicted octanol–water partition coefficient (Wildman–Crippen LogP) is 3.98. The Kier molecular flexibility index (Phi) is 5.66. The van der Waals surface area contributed by atoms with Crippen LogP contribution in [0.5, 0.6) is 0 Å². The maximum atomic E-state index is 13.9. The van der Waals surface area contributed by atoms with E-state index in [1.54, 1.807) is 34.7 Å². The zero-order valence-electron chi connectivity index (χ0n) is 14.2. The second kappa shape index (κ2) is 7.63. The number of fused-ring (bicyclic) bond motifs is 1. The number of aromatic nitrogens is 1. The molecule has 142 valence electrons. The normalized spacial score (nSPS) is 16.8. The molecule has 1 aromatic carbocycles. The minimum absolute atomic E-state index is 0.0889. The molecule has 1 aromatic heterocycles. The third kappa shape index (κ3) is 3.93. The lowest BCUT2D eigenvalue weighted by molar-refractivity contribution is -0.0972. The minimum Gasteiger partial charge on any atom is -0.335 e. The monoisotopic (exact) mass is 480 g/mol. The quantitative estimate of drug-likeness (QED) is 0.651. The van der Waals surface area contributed by atoms with Gasteiger partial charge in [0.05, 0.1) is 14.9 Å².